The Morgan fingerprint density at radius 1 is 0.640 bits per heavy atom. The predicted molar refractivity (Wildman–Crippen MR) is 192 cm³/mol. The minimum atomic E-state index is -1.14. The van der Waals surface area contributed by atoms with Crippen molar-refractivity contribution in [2.75, 3.05) is 18.0 Å². The second kappa shape index (κ2) is 12.9. The summed E-state index contributed by atoms with van der Waals surface area (Å²) >= 11 is 0. The molecule has 0 N–H and O–H groups in total. The third-order valence-corrected chi connectivity index (χ3v) is 9.62. The Labute approximate surface area is 290 Å². The van der Waals surface area contributed by atoms with E-state index >= 15 is 0 Å². The lowest BCUT2D eigenvalue weighted by molar-refractivity contribution is -0.122. The first-order chi connectivity index (χ1) is 24.0. The Morgan fingerprint density at radius 3 is 1.74 bits per heavy atom. The number of rotatable bonds is 9. The highest BCUT2D eigenvalue weighted by molar-refractivity contribution is 6.25. The molecular weight excluding hydrogens is 626 g/mol. The van der Waals surface area contributed by atoms with Crippen molar-refractivity contribution in [3.8, 4) is 0 Å². The van der Waals surface area contributed by atoms with Gasteiger partial charge in [-0.1, -0.05) is 99.6 Å². The molecule has 5 aromatic carbocycles. The Morgan fingerprint density at radius 2 is 1.18 bits per heavy atom. The van der Waals surface area contributed by atoms with E-state index in [1.54, 1.807) is 53.4 Å². The largest absolute Gasteiger partial charge is 0.311 e. The highest BCUT2D eigenvalue weighted by atomic mass is 16.2. The molecule has 0 saturated carbocycles. The first-order valence-electron chi connectivity index (χ1n) is 16.9. The average Bonchev–Trinajstić information content (AvgIpc) is 3.37. The van der Waals surface area contributed by atoms with Crippen LogP contribution in [-0.2, 0) is 16.6 Å². The highest BCUT2D eigenvalue weighted by Gasteiger charge is 2.44. The number of amides is 5. The second-order valence-corrected chi connectivity index (χ2v) is 13.8. The molecule has 0 spiro atoms. The van der Waals surface area contributed by atoms with Crippen LogP contribution in [0.5, 0.6) is 0 Å². The van der Waals surface area contributed by atoms with Crippen molar-refractivity contribution >= 4 is 46.0 Å². The number of fused-ring (bicyclic) bond motifs is 1. The summed E-state index contributed by atoms with van der Waals surface area (Å²) in [6.45, 7) is 6.52. The summed E-state index contributed by atoms with van der Waals surface area (Å²) < 4.78 is 0. The van der Waals surface area contributed by atoms with Gasteiger partial charge in [-0.3, -0.25) is 33.8 Å². The van der Waals surface area contributed by atoms with Crippen LogP contribution in [0.1, 0.15) is 79.8 Å². The smallest absolute Gasteiger partial charge is 0.262 e. The van der Waals surface area contributed by atoms with E-state index in [-0.39, 0.29) is 54.3 Å². The van der Waals surface area contributed by atoms with Crippen molar-refractivity contribution in [2.45, 2.75) is 45.1 Å². The summed E-state index contributed by atoms with van der Waals surface area (Å²) in [4.78, 5) is 73.6. The van der Waals surface area contributed by atoms with E-state index in [4.69, 9.17) is 0 Å². The third-order valence-electron chi connectivity index (χ3n) is 9.62. The zero-order chi connectivity index (χ0) is 35.2. The molecule has 1 atom stereocenters. The van der Waals surface area contributed by atoms with Crippen LogP contribution in [0.15, 0.2) is 115 Å². The van der Waals surface area contributed by atoms with Crippen LogP contribution in [0.25, 0.3) is 10.8 Å². The molecule has 2 aliphatic heterocycles. The summed E-state index contributed by atoms with van der Waals surface area (Å²) in [5.41, 5.74) is 3.80. The van der Waals surface area contributed by atoms with Crippen LogP contribution < -0.4 is 4.90 Å². The standard InChI is InChI=1S/C42H37N3O5/c1-42(2,3)29-20-22-30(23-21-29)43(24-11-25-44-37(46)33-18-9-14-28-15-10-19-34(36(28)33)38(44)47)41(50)35(26-27-12-5-4-6-13-27)45-39(48)31-16-7-8-17-32(31)40(45)49/h4-10,12-23,35H,11,24-26H2,1-3H3. The normalized spacial score (nSPS) is 14.7. The van der Waals surface area contributed by atoms with Gasteiger partial charge in [-0.25, -0.2) is 0 Å². The van der Waals surface area contributed by atoms with Crippen molar-refractivity contribution in [3.05, 3.63) is 149 Å². The lowest BCUT2D eigenvalue weighted by Crippen LogP contribution is -2.53. The van der Waals surface area contributed by atoms with E-state index < -0.39 is 23.8 Å². The first kappa shape index (κ1) is 32.6. The summed E-state index contributed by atoms with van der Waals surface area (Å²) in [5, 5.41) is 1.48. The monoisotopic (exact) mass is 663 g/mol. The Kier molecular flexibility index (Phi) is 8.39. The van der Waals surface area contributed by atoms with Gasteiger partial charge in [-0.05, 0) is 64.7 Å². The molecule has 2 heterocycles. The minimum Gasteiger partial charge on any atom is -0.311 e. The maximum Gasteiger partial charge on any atom is 0.262 e. The van der Waals surface area contributed by atoms with Gasteiger partial charge in [0.15, 0.2) is 0 Å². The quantitative estimate of drug-likeness (QED) is 0.157. The zero-order valence-electron chi connectivity index (χ0n) is 28.3. The second-order valence-electron chi connectivity index (χ2n) is 13.8. The molecule has 250 valence electrons. The molecule has 0 radical (unpaired) electrons. The van der Waals surface area contributed by atoms with Gasteiger partial charge in [0, 0.05) is 41.7 Å². The van der Waals surface area contributed by atoms with Crippen molar-refractivity contribution < 1.29 is 24.0 Å². The molecular formula is C42H37N3O5. The molecule has 8 heteroatoms. The molecule has 7 rings (SSSR count). The minimum absolute atomic E-state index is 0.0720. The molecule has 2 aliphatic rings. The van der Waals surface area contributed by atoms with Crippen molar-refractivity contribution in [1.82, 2.24) is 9.80 Å². The number of carbonyl (C=O) groups excluding carboxylic acids is 5. The lowest BCUT2D eigenvalue weighted by atomic mass is 9.87. The van der Waals surface area contributed by atoms with Gasteiger partial charge in [-0.15, -0.1) is 0 Å². The molecule has 5 amide bonds. The number of benzene rings is 5. The molecule has 0 aromatic heterocycles. The molecule has 0 saturated heterocycles. The Bertz CT molecular complexity index is 2080. The number of carbonyl (C=O) groups is 5. The topological polar surface area (TPSA) is 95.1 Å². The number of hydrogen-bond acceptors (Lipinski definition) is 5. The highest BCUT2D eigenvalue weighted by Crippen LogP contribution is 2.32. The molecule has 5 aromatic rings. The Hall–Kier alpha value is -5.89. The molecule has 0 aliphatic carbocycles. The van der Waals surface area contributed by atoms with E-state index in [2.05, 4.69) is 20.8 Å². The van der Waals surface area contributed by atoms with Crippen LogP contribution in [0, 0.1) is 0 Å². The SMILES string of the molecule is CC(C)(C)c1ccc(N(CCCN2C(=O)c3cccc4cccc(c34)C2=O)C(=O)C(Cc2ccccc2)N2C(=O)c3ccccc3C2=O)cc1. The van der Waals surface area contributed by atoms with Crippen LogP contribution in [0.4, 0.5) is 5.69 Å². The van der Waals surface area contributed by atoms with Gasteiger partial charge in [0.05, 0.1) is 11.1 Å². The fraction of sp³-hybridized carbons (Fsp3) is 0.214. The fourth-order valence-electron chi connectivity index (χ4n) is 6.98. The van der Waals surface area contributed by atoms with E-state index in [0.717, 1.165) is 21.4 Å². The average molecular weight is 664 g/mol. The van der Waals surface area contributed by atoms with Crippen molar-refractivity contribution in [1.29, 1.82) is 0 Å². The molecule has 0 fully saturated rings. The van der Waals surface area contributed by atoms with E-state index in [1.807, 2.05) is 66.7 Å². The maximum absolute atomic E-state index is 14.9. The van der Waals surface area contributed by atoms with Gasteiger partial charge in [0.1, 0.15) is 6.04 Å². The number of hydrogen-bond donors (Lipinski definition) is 0. The molecule has 1 unspecified atom stereocenters. The summed E-state index contributed by atoms with van der Waals surface area (Å²) in [5.74, 6) is -2.21. The van der Waals surface area contributed by atoms with Gasteiger partial charge >= 0.3 is 0 Å². The van der Waals surface area contributed by atoms with Crippen LogP contribution in [0.2, 0.25) is 0 Å². The maximum atomic E-state index is 14.9. The number of anilines is 1. The van der Waals surface area contributed by atoms with E-state index in [0.29, 0.717) is 22.2 Å². The van der Waals surface area contributed by atoms with Crippen molar-refractivity contribution in [2.24, 2.45) is 0 Å². The van der Waals surface area contributed by atoms with Gasteiger partial charge in [0.25, 0.3) is 29.5 Å². The fourth-order valence-corrected chi connectivity index (χ4v) is 6.98. The summed E-state index contributed by atoms with van der Waals surface area (Å²) in [7, 11) is 0. The zero-order valence-corrected chi connectivity index (χ0v) is 28.3. The van der Waals surface area contributed by atoms with Crippen molar-refractivity contribution in [3.63, 3.8) is 0 Å². The molecule has 0 bridgehead atoms. The van der Waals surface area contributed by atoms with Crippen LogP contribution >= 0.6 is 0 Å². The molecule has 50 heavy (non-hydrogen) atoms. The van der Waals surface area contributed by atoms with E-state index in [1.165, 1.54) is 4.90 Å². The number of imide groups is 2. The first-order valence-corrected chi connectivity index (χ1v) is 16.9. The summed E-state index contributed by atoms with van der Waals surface area (Å²) in [6, 6.07) is 33.3. The van der Waals surface area contributed by atoms with Crippen LogP contribution in [-0.4, -0.2) is 58.5 Å². The van der Waals surface area contributed by atoms with Gasteiger partial charge in [0.2, 0.25) is 0 Å². The summed E-state index contributed by atoms with van der Waals surface area (Å²) in [6.07, 6.45) is 0.383. The van der Waals surface area contributed by atoms with Gasteiger partial charge < -0.3 is 4.90 Å². The predicted octanol–water partition coefficient (Wildman–Crippen LogP) is 7.06. The number of nitrogens with zero attached hydrogens (tertiary/aromatic N) is 3. The Balaban J connectivity index is 1.22. The third kappa shape index (κ3) is 5.76. The van der Waals surface area contributed by atoms with E-state index in [9.17, 15) is 24.0 Å². The van der Waals surface area contributed by atoms with Gasteiger partial charge in [-0.2, -0.15) is 0 Å². The van der Waals surface area contributed by atoms with Crippen LogP contribution in [0.3, 0.4) is 0 Å². The molecule has 8 nitrogen and oxygen atoms in total. The lowest BCUT2D eigenvalue weighted by Gasteiger charge is -2.33.